The standard InChI is InChI=1S/C18H29N/c1-13(2)11-14-7-5-8-15(12-14)17(19)16-9-6-10-18(16,3)4/h5,7-8,12-13,16-17H,6,9-11,19H2,1-4H3. The quantitative estimate of drug-likeness (QED) is 0.832. The summed E-state index contributed by atoms with van der Waals surface area (Å²) in [5.74, 6) is 1.33. The summed E-state index contributed by atoms with van der Waals surface area (Å²) in [4.78, 5) is 0. The van der Waals surface area contributed by atoms with Crippen LogP contribution in [0, 0.1) is 17.3 Å². The van der Waals surface area contributed by atoms with E-state index in [0.717, 1.165) is 6.42 Å². The Bertz CT molecular complexity index is 419. The molecule has 0 heterocycles. The fourth-order valence-electron chi connectivity index (χ4n) is 3.65. The van der Waals surface area contributed by atoms with Gasteiger partial charge >= 0.3 is 0 Å². The lowest BCUT2D eigenvalue weighted by Gasteiger charge is -2.32. The summed E-state index contributed by atoms with van der Waals surface area (Å²) in [7, 11) is 0. The van der Waals surface area contributed by atoms with E-state index in [9.17, 15) is 0 Å². The van der Waals surface area contributed by atoms with Crippen molar-refractivity contribution >= 4 is 0 Å². The Labute approximate surface area is 118 Å². The zero-order chi connectivity index (χ0) is 14.0. The average molecular weight is 259 g/mol. The van der Waals surface area contributed by atoms with Gasteiger partial charge in [0.25, 0.3) is 0 Å². The molecule has 0 aromatic heterocycles. The van der Waals surface area contributed by atoms with E-state index in [2.05, 4.69) is 52.0 Å². The van der Waals surface area contributed by atoms with Gasteiger partial charge in [0.2, 0.25) is 0 Å². The van der Waals surface area contributed by atoms with Crippen molar-refractivity contribution in [3.8, 4) is 0 Å². The molecule has 0 saturated heterocycles. The summed E-state index contributed by atoms with van der Waals surface area (Å²) >= 11 is 0. The number of hydrogen-bond acceptors (Lipinski definition) is 1. The van der Waals surface area contributed by atoms with Crippen LogP contribution in [-0.2, 0) is 6.42 Å². The van der Waals surface area contributed by atoms with Crippen LogP contribution in [0.4, 0.5) is 0 Å². The van der Waals surface area contributed by atoms with Crippen molar-refractivity contribution in [2.24, 2.45) is 23.0 Å². The highest BCUT2D eigenvalue weighted by molar-refractivity contribution is 5.27. The van der Waals surface area contributed by atoms with E-state index in [1.807, 2.05) is 0 Å². The van der Waals surface area contributed by atoms with Gasteiger partial charge in [0.15, 0.2) is 0 Å². The molecular formula is C18H29N. The molecule has 1 saturated carbocycles. The van der Waals surface area contributed by atoms with Gasteiger partial charge in [0, 0.05) is 6.04 Å². The third-order valence-electron chi connectivity index (χ3n) is 4.75. The fraction of sp³-hybridized carbons (Fsp3) is 0.667. The molecule has 1 fully saturated rings. The summed E-state index contributed by atoms with van der Waals surface area (Å²) in [6.07, 6.45) is 5.07. The minimum Gasteiger partial charge on any atom is -0.324 e. The molecule has 19 heavy (non-hydrogen) atoms. The molecule has 2 unspecified atom stereocenters. The molecule has 0 radical (unpaired) electrons. The van der Waals surface area contributed by atoms with Crippen LogP contribution in [0.25, 0.3) is 0 Å². The predicted octanol–water partition coefficient (Wildman–Crippen LogP) is 4.71. The first kappa shape index (κ1) is 14.6. The van der Waals surface area contributed by atoms with Crippen LogP contribution in [-0.4, -0.2) is 0 Å². The smallest absolute Gasteiger partial charge is 0.0328 e. The third-order valence-corrected chi connectivity index (χ3v) is 4.75. The molecule has 2 N–H and O–H groups in total. The van der Waals surface area contributed by atoms with Crippen molar-refractivity contribution in [1.29, 1.82) is 0 Å². The van der Waals surface area contributed by atoms with Gasteiger partial charge in [-0.25, -0.2) is 0 Å². The number of rotatable bonds is 4. The number of benzene rings is 1. The first-order valence-corrected chi connectivity index (χ1v) is 7.74. The van der Waals surface area contributed by atoms with E-state index in [-0.39, 0.29) is 6.04 Å². The van der Waals surface area contributed by atoms with Crippen LogP contribution in [0.2, 0.25) is 0 Å². The van der Waals surface area contributed by atoms with E-state index in [1.54, 1.807) is 0 Å². The Hall–Kier alpha value is -0.820. The third kappa shape index (κ3) is 3.39. The first-order valence-electron chi connectivity index (χ1n) is 7.74. The Balaban J connectivity index is 2.17. The first-order chi connectivity index (χ1) is 8.90. The van der Waals surface area contributed by atoms with E-state index in [1.165, 1.54) is 30.4 Å². The van der Waals surface area contributed by atoms with Crippen molar-refractivity contribution in [3.63, 3.8) is 0 Å². The molecule has 0 aliphatic heterocycles. The Morgan fingerprint density at radius 1 is 1.32 bits per heavy atom. The van der Waals surface area contributed by atoms with Gasteiger partial charge in [-0.05, 0) is 47.6 Å². The molecule has 1 heteroatoms. The molecule has 1 nitrogen and oxygen atoms in total. The van der Waals surface area contributed by atoms with Gasteiger partial charge in [-0.15, -0.1) is 0 Å². The molecular weight excluding hydrogens is 230 g/mol. The van der Waals surface area contributed by atoms with E-state index >= 15 is 0 Å². The SMILES string of the molecule is CC(C)Cc1cccc(C(N)C2CCCC2(C)C)c1. The Kier molecular flexibility index (Phi) is 4.35. The molecule has 0 bridgehead atoms. The predicted molar refractivity (Wildman–Crippen MR) is 83.0 cm³/mol. The average Bonchev–Trinajstić information content (AvgIpc) is 2.67. The minimum absolute atomic E-state index is 0.199. The Morgan fingerprint density at radius 3 is 2.63 bits per heavy atom. The molecule has 2 rings (SSSR count). The van der Waals surface area contributed by atoms with E-state index in [0.29, 0.717) is 17.3 Å². The van der Waals surface area contributed by atoms with Crippen molar-refractivity contribution < 1.29 is 0 Å². The normalized spacial score (nSPS) is 23.8. The highest BCUT2D eigenvalue weighted by Crippen LogP contribution is 2.47. The lowest BCUT2D eigenvalue weighted by atomic mass is 9.75. The van der Waals surface area contributed by atoms with Crippen LogP contribution < -0.4 is 5.73 Å². The molecule has 106 valence electrons. The molecule has 0 spiro atoms. The largest absolute Gasteiger partial charge is 0.324 e. The second-order valence-electron chi connectivity index (χ2n) is 7.36. The molecule has 1 aromatic carbocycles. The van der Waals surface area contributed by atoms with Crippen molar-refractivity contribution in [3.05, 3.63) is 35.4 Å². The van der Waals surface area contributed by atoms with Gasteiger partial charge in [0.05, 0.1) is 0 Å². The van der Waals surface area contributed by atoms with Gasteiger partial charge in [-0.1, -0.05) is 58.4 Å². The van der Waals surface area contributed by atoms with Crippen LogP contribution in [0.3, 0.4) is 0 Å². The molecule has 2 atom stereocenters. The lowest BCUT2D eigenvalue weighted by molar-refractivity contribution is 0.222. The fourth-order valence-corrected chi connectivity index (χ4v) is 3.65. The monoisotopic (exact) mass is 259 g/mol. The zero-order valence-corrected chi connectivity index (χ0v) is 12.9. The van der Waals surface area contributed by atoms with Crippen LogP contribution >= 0.6 is 0 Å². The topological polar surface area (TPSA) is 26.0 Å². The summed E-state index contributed by atoms with van der Waals surface area (Å²) < 4.78 is 0. The Morgan fingerprint density at radius 2 is 2.05 bits per heavy atom. The summed E-state index contributed by atoms with van der Waals surface area (Å²) in [6, 6.07) is 9.15. The second-order valence-corrected chi connectivity index (χ2v) is 7.36. The summed E-state index contributed by atoms with van der Waals surface area (Å²) in [5, 5.41) is 0. The highest BCUT2D eigenvalue weighted by atomic mass is 14.7. The highest BCUT2D eigenvalue weighted by Gasteiger charge is 2.38. The molecule has 1 aromatic rings. The van der Waals surface area contributed by atoms with E-state index < -0.39 is 0 Å². The van der Waals surface area contributed by atoms with Crippen molar-refractivity contribution in [2.45, 2.75) is 59.4 Å². The maximum absolute atomic E-state index is 6.58. The van der Waals surface area contributed by atoms with Crippen LogP contribution in [0.5, 0.6) is 0 Å². The summed E-state index contributed by atoms with van der Waals surface area (Å²) in [5.41, 5.74) is 9.73. The van der Waals surface area contributed by atoms with Gasteiger partial charge in [-0.2, -0.15) is 0 Å². The van der Waals surface area contributed by atoms with Gasteiger partial charge in [0.1, 0.15) is 0 Å². The zero-order valence-electron chi connectivity index (χ0n) is 12.9. The molecule has 0 amide bonds. The maximum atomic E-state index is 6.58. The molecule has 1 aliphatic rings. The van der Waals surface area contributed by atoms with Gasteiger partial charge < -0.3 is 5.73 Å². The summed E-state index contributed by atoms with van der Waals surface area (Å²) in [6.45, 7) is 9.30. The van der Waals surface area contributed by atoms with E-state index in [4.69, 9.17) is 5.73 Å². The van der Waals surface area contributed by atoms with Crippen LogP contribution in [0.1, 0.15) is 64.1 Å². The second kappa shape index (κ2) is 5.66. The number of nitrogens with two attached hydrogens (primary N) is 1. The van der Waals surface area contributed by atoms with Gasteiger partial charge in [-0.3, -0.25) is 0 Å². The maximum Gasteiger partial charge on any atom is 0.0328 e. The van der Waals surface area contributed by atoms with Crippen molar-refractivity contribution in [1.82, 2.24) is 0 Å². The van der Waals surface area contributed by atoms with Crippen molar-refractivity contribution in [2.75, 3.05) is 0 Å². The van der Waals surface area contributed by atoms with Crippen LogP contribution in [0.15, 0.2) is 24.3 Å². The minimum atomic E-state index is 0.199. The lowest BCUT2D eigenvalue weighted by Crippen LogP contribution is -2.29. The molecule has 1 aliphatic carbocycles. The number of hydrogen-bond donors (Lipinski definition) is 1.